The molecule has 11 heteroatoms. The van der Waals surface area contributed by atoms with E-state index in [4.69, 9.17) is 20.0 Å². The topological polar surface area (TPSA) is 140 Å². The average Bonchev–Trinajstić information content (AvgIpc) is 3.59. The molecule has 1 fully saturated rings. The summed E-state index contributed by atoms with van der Waals surface area (Å²) in [7, 11) is 0. The molecule has 4 aromatic heterocycles. The van der Waals surface area contributed by atoms with Crippen LogP contribution in [0.2, 0.25) is 0 Å². The van der Waals surface area contributed by atoms with Crippen LogP contribution < -0.4 is 5.73 Å². The largest absolute Gasteiger partial charge is 0.444 e. The van der Waals surface area contributed by atoms with Crippen molar-refractivity contribution in [2.45, 2.75) is 44.8 Å². The lowest BCUT2D eigenvalue weighted by Gasteiger charge is -2.28. The highest BCUT2D eigenvalue weighted by atomic mass is 16.5. The van der Waals surface area contributed by atoms with Gasteiger partial charge >= 0.3 is 0 Å². The summed E-state index contributed by atoms with van der Waals surface area (Å²) < 4.78 is 14.9. The Bertz CT molecular complexity index is 1240. The molecule has 1 aliphatic rings. The molecule has 0 radical (unpaired) electrons. The first-order valence-electron chi connectivity index (χ1n) is 10.9. The van der Waals surface area contributed by atoms with Crippen molar-refractivity contribution in [3.63, 3.8) is 0 Å². The summed E-state index contributed by atoms with van der Waals surface area (Å²) in [5.41, 5.74) is 8.03. The normalized spacial score (nSPS) is 18.5. The van der Waals surface area contributed by atoms with E-state index in [9.17, 15) is 4.79 Å². The zero-order valence-electron chi connectivity index (χ0n) is 18.2. The van der Waals surface area contributed by atoms with Crippen LogP contribution in [-0.4, -0.2) is 53.1 Å². The van der Waals surface area contributed by atoms with Gasteiger partial charge in [0.15, 0.2) is 5.69 Å². The maximum atomic E-state index is 11.3. The summed E-state index contributed by atoms with van der Waals surface area (Å²) in [5.74, 6) is -0.389. The van der Waals surface area contributed by atoms with Crippen molar-refractivity contribution < 1.29 is 13.9 Å². The molecule has 0 saturated heterocycles. The smallest absolute Gasteiger partial charge is 0.270 e. The Morgan fingerprint density at radius 2 is 2.06 bits per heavy atom. The van der Waals surface area contributed by atoms with E-state index >= 15 is 0 Å². The standard InChI is InChI=1S/C22H24N8O3/c1-2-32-16-5-3-15(4-6-16)29-12-19(20(28-29)17-10-24-7-8-25-17)30-11-14(9-26-30)22-27-18(13-33-22)21(23)31/h7-13,15-16H,2-6H2,1H3,(H2,23,31). The number of hydrogen-bond acceptors (Lipinski definition) is 8. The fourth-order valence-corrected chi connectivity index (χ4v) is 4.14. The van der Waals surface area contributed by atoms with Gasteiger partial charge in [-0.3, -0.25) is 19.4 Å². The van der Waals surface area contributed by atoms with Crippen LogP contribution in [0.5, 0.6) is 0 Å². The van der Waals surface area contributed by atoms with E-state index in [1.165, 1.54) is 6.26 Å². The fraction of sp³-hybridized carbons (Fsp3) is 0.364. The monoisotopic (exact) mass is 448 g/mol. The lowest BCUT2D eigenvalue weighted by Crippen LogP contribution is -2.24. The molecule has 0 aromatic carbocycles. The number of ether oxygens (including phenoxy) is 1. The summed E-state index contributed by atoms with van der Waals surface area (Å²) in [6.07, 6.45) is 15.8. The van der Waals surface area contributed by atoms with Crippen molar-refractivity contribution in [2.24, 2.45) is 5.73 Å². The second-order valence-electron chi connectivity index (χ2n) is 7.90. The van der Waals surface area contributed by atoms with Gasteiger partial charge in [0.2, 0.25) is 5.89 Å². The number of oxazole rings is 1. The molecule has 0 aliphatic heterocycles. The van der Waals surface area contributed by atoms with Crippen LogP contribution in [0.15, 0.2) is 47.9 Å². The number of rotatable bonds is 7. The first-order chi connectivity index (χ1) is 16.1. The number of aromatic nitrogens is 7. The molecule has 4 aromatic rings. The third-order valence-corrected chi connectivity index (χ3v) is 5.77. The second-order valence-corrected chi connectivity index (χ2v) is 7.90. The number of nitrogens with two attached hydrogens (primary N) is 1. The molecule has 0 spiro atoms. The van der Waals surface area contributed by atoms with Gasteiger partial charge in [-0.25, -0.2) is 9.67 Å². The van der Waals surface area contributed by atoms with Gasteiger partial charge in [0.05, 0.1) is 36.3 Å². The van der Waals surface area contributed by atoms with Gasteiger partial charge in [0.25, 0.3) is 5.91 Å². The van der Waals surface area contributed by atoms with Crippen molar-refractivity contribution in [3.05, 3.63) is 49.1 Å². The Hall–Kier alpha value is -3.86. The van der Waals surface area contributed by atoms with Gasteiger partial charge in [-0.15, -0.1) is 0 Å². The lowest BCUT2D eigenvalue weighted by atomic mass is 9.93. The summed E-state index contributed by atoms with van der Waals surface area (Å²) in [5, 5.41) is 9.35. The predicted octanol–water partition coefficient (Wildman–Crippen LogP) is 2.80. The van der Waals surface area contributed by atoms with Crippen LogP contribution in [0, 0.1) is 0 Å². The minimum atomic E-state index is -0.650. The van der Waals surface area contributed by atoms with E-state index in [2.05, 4.69) is 20.1 Å². The molecular formula is C22H24N8O3. The van der Waals surface area contributed by atoms with Gasteiger partial charge in [-0.05, 0) is 32.6 Å². The van der Waals surface area contributed by atoms with Gasteiger partial charge in [0.1, 0.15) is 23.3 Å². The Labute approximate surface area is 189 Å². The molecule has 170 valence electrons. The van der Waals surface area contributed by atoms with Gasteiger partial charge < -0.3 is 14.9 Å². The van der Waals surface area contributed by atoms with Crippen molar-refractivity contribution in [1.29, 1.82) is 0 Å². The van der Waals surface area contributed by atoms with Crippen molar-refractivity contribution in [3.8, 4) is 28.5 Å². The molecular weight excluding hydrogens is 424 g/mol. The third-order valence-electron chi connectivity index (χ3n) is 5.77. The number of hydrogen-bond donors (Lipinski definition) is 1. The van der Waals surface area contributed by atoms with Crippen LogP contribution in [0.25, 0.3) is 28.5 Å². The van der Waals surface area contributed by atoms with Crippen molar-refractivity contribution in [1.82, 2.24) is 34.5 Å². The molecule has 0 bridgehead atoms. The minimum Gasteiger partial charge on any atom is -0.444 e. The maximum absolute atomic E-state index is 11.3. The Balaban J connectivity index is 1.48. The Morgan fingerprint density at radius 1 is 1.21 bits per heavy atom. The van der Waals surface area contributed by atoms with Gasteiger partial charge in [0, 0.05) is 25.2 Å². The Morgan fingerprint density at radius 3 is 2.76 bits per heavy atom. The van der Waals surface area contributed by atoms with Crippen molar-refractivity contribution >= 4 is 5.91 Å². The van der Waals surface area contributed by atoms with Crippen LogP contribution >= 0.6 is 0 Å². The first-order valence-corrected chi connectivity index (χ1v) is 10.9. The van der Waals surface area contributed by atoms with E-state index < -0.39 is 5.91 Å². The zero-order chi connectivity index (χ0) is 22.8. The van der Waals surface area contributed by atoms with E-state index in [-0.39, 0.29) is 17.6 Å². The Kier molecular flexibility index (Phi) is 5.69. The van der Waals surface area contributed by atoms with E-state index in [0.29, 0.717) is 23.1 Å². The van der Waals surface area contributed by atoms with Crippen LogP contribution in [0.4, 0.5) is 0 Å². The highest BCUT2D eigenvalue weighted by molar-refractivity contribution is 5.90. The molecule has 0 atom stereocenters. The molecule has 1 amide bonds. The quantitative estimate of drug-likeness (QED) is 0.455. The van der Waals surface area contributed by atoms with E-state index in [0.717, 1.165) is 38.0 Å². The maximum Gasteiger partial charge on any atom is 0.270 e. The number of amides is 1. The van der Waals surface area contributed by atoms with Gasteiger partial charge in [-0.2, -0.15) is 10.2 Å². The first kappa shape index (κ1) is 21.0. The molecule has 2 N–H and O–H groups in total. The number of carbonyl (C=O) groups excluding carboxylic acids is 1. The zero-order valence-corrected chi connectivity index (χ0v) is 18.2. The lowest BCUT2D eigenvalue weighted by molar-refractivity contribution is 0.0260. The van der Waals surface area contributed by atoms with Crippen molar-refractivity contribution in [2.75, 3.05) is 6.61 Å². The van der Waals surface area contributed by atoms with Crippen LogP contribution in [0.1, 0.15) is 49.1 Å². The summed E-state index contributed by atoms with van der Waals surface area (Å²) in [6.45, 7) is 2.77. The molecule has 11 nitrogen and oxygen atoms in total. The fourth-order valence-electron chi connectivity index (χ4n) is 4.14. The highest BCUT2D eigenvalue weighted by Gasteiger charge is 2.26. The molecule has 4 heterocycles. The highest BCUT2D eigenvalue weighted by Crippen LogP contribution is 2.33. The van der Waals surface area contributed by atoms with Crippen LogP contribution in [-0.2, 0) is 4.74 Å². The molecule has 1 aliphatic carbocycles. The molecule has 0 unspecified atom stereocenters. The summed E-state index contributed by atoms with van der Waals surface area (Å²) in [6, 6.07) is 0.269. The predicted molar refractivity (Wildman–Crippen MR) is 117 cm³/mol. The molecule has 33 heavy (non-hydrogen) atoms. The SMILES string of the molecule is CCOC1CCC(n2cc(-n3cc(-c4nc(C(N)=O)co4)cn3)c(-c3cnccn3)n2)CC1. The summed E-state index contributed by atoms with van der Waals surface area (Å²) in [4.78, 5) is 24.1. The number of carbonyl (C=O) groups is 1. The average molecular weight is 448 g/mol. The number of primary amides is 1. The molecule has 1 saturated carbocycles. The van der Waals surface area contributed by atoms with E-state index in [1.807, 2.05) is 17.8 Å². The minimum absolute atomic E-state index is 0.0634. The second kappa shape index (κ2) is 8.94. The number of nitrogens with zero attached hydrogens (tertiary/aromatic N) is 7. The van der Waals surface area contributed by atoms with Gasteiger partial charge in [-0.1, -0.05) is 0 Å². The third kappa shape index (κ3) is 4.27. The molecule has 5 rings (SSSR count). The van der Waals surface area contributed by atoms with E-state index in [1.54, 1.807) is 35.7 Å². The van der Waals surface area contributed by atoms with Crippen LogP contribution in [0.3, 0.4) is 0 Å². The summed E-state index contributed by atoms with van der Waals surface area (Å²) >= 11 is 0.